The third-order valence-corrected chi connectivity index (χ3v) is 5.86. The molecule has 21 heavy (non-hydrogen) atoms. The van der Waals surface area contributed by atoms with E-state index in [0.29, 0.717) is 6.42 Å². The SMILES string of the molecule is CC(C)[C@@]([NH3+])(CCP(=O)(O)CCc1ccccc1)C(=O)[O-]. The van der Waals surface area contributed by atoms with E-state index < -0.39 is 18.9 Å². The molecule has 1 aromatic rings. The molecule has 5 nitrogen and oxygen atoms in total. The molecule has 0 aliphatic heterocycles. The first-order valence-corrected chi connectivity index (χ1v) is 9.12. The highest BCUT2D eigenvalue weighted by Gasteiger charge is 2.37. The summed E-state index contributed by atoms with van der Waals surface area (Å²) in [5, 5.41) is 11.2. The first-order chi connectivity index (χ1) is 9.67. The summed E-state index contributed by atoms with van der Waals surface area (Å²) in [6.07, 6.45) is 0.662. The standard InChI is InChI=1S/C15H24NO4P/c1-12(2)15(16,14(17)18)9-11-21(19,20)10-8-13-6-4-3-5-7-13/h3-7,12H,8-11,16H2,1-2H3,(H,17,18)(H,19,20)/t15-/m0/s1. The molecule has 0 bridgehead atoms. The van der Waals surface area contributed by atoms with Crippen LogP contribution in [0.4, 0.5) is 0 Å². The number of quaternary nitrogens is 1. The minimum atomic E-state index is -3.36. The molecule has 0 saturated carbocycles. The summed E-state index contributed by atoms with van der Waals surface area (Å²) in [7, 11) is -3.36. The second-order valence-electron chi connectivity index (χ2n) is 5.88. The van der Waals surface area contributed by atoms with Gasteiger partial charge in [0.05, 0.1) is 0 Å². The zero-order chi connectivity index (χ0) is 16.1. The number of carboxylic acid groups (broad SMARTS) is 1. The van der Waals surface area contributed by atoms with Gasteiger partial charge >= 0.3 is 0 Å². The Balaban J connectivity index is 2.60. The second kappa shape index (κ2) is 7.21. The average molecular weight is 313 g/mol. The second-order valence-corrected chi connectivity index (χ2v) is 8.46. The van der Waals surface area contributed by atoms with Gasteiger partial charge in [0.2, 0.25) is 7.37 Å². The summed E-state index contributed by atoms with van der Waals surface area (Å²) in [5.41, 5.74) is 3.38. The molecular weight excluding hydrogens is 289 g/mol. The molecular formula is C15H24NO4P. The van der Waals surface area contributed by atoms with E-state index in [2.05, 4.69) is 5.73 Å². The molecule has 1 aromatic carbocycles. The molecule has 6 heteroatoms. The zero-order valence-corrected chi connectivity index (χ0v) is 13.5. The fraction of sp³-hybridized carbons (Fsp3) is 0.533. The highest BCUT2D eigenvalue weighted by atomic mass is 31.2. The van der Waals surface area contributed by atoms with Crippen molar-refractivity contribution in [1.82, 2.24) is 0 Å². The number of carbonyl (C=O) groups is 1. The number of hydrogen-bond donors (Lipinski definition) is 2. The minimum Gasteiger partial charge on any atom is -0.544 e. The van der Waals surface area contributed by atoms with Gasteiger partial charge in [-0.1, -0.05) is 44.2 Å². The van der Waals surface area contributed by atoms with Crippen LogP contribution in [0.5, 0.6) is 0 Å². The Morgan fingerprint density at radius 1 is 1.33 bits per heavy atom. The molecule has 0 aliphatic rings. The van der Waals surface area contributed by atoms with Crippen LogP contribution in [0.25, 0.3) is 0 Å². The maximum Gasteiger partial charge on any atom is 0.201 e. The van der Waals surface area contributed by atoms with E-state index in [1.807, 2.05) is 30.3 Å². The van der Waals surface area contributed by atoms with Crippen LogP contribution in [0.1, 0.15) is 25.8 Å². The van der Waals surface area contributed by atoms with Gasteiger partial charge in [-0.25, -0.2) is 0 Å². The van der Waals surface area contributed by atoms with Crippen molar-refractivity contribution in [2.75, 3.05) is 12.3 Å². The lowest BCUT2D eigenvalue weighted by Crippen LogP contribution is -2.82. The van der Waals surface area contributed by atoms with E-state index in [1.165, 1.54) is 0 Å². The summed E-state index contributed by atoms with van der Waals surface area (Å²) in [5.74, 6) is -1.52. The van der Waals surface area contributed by atoms with Gasteiger partial charge in [0.25, 0.3) is 0 Å². The smallest absolute Gasteiger partial charge is 0.201 e. The summed E-state index contributed by atoms with van der Waals surface area (Å²) >= 11 is 0. The normalized spacial score (nSPS) is 17.2. The van der Waals surface area contributed by atoms with Crippen LogP contribution in [0, 0.1) is 5.92 Å². The first kappa shape index (κ1) is 17.9. The molecule has 118 valence electrons. The Labute approximate surface area is 125 Å². The highest BCUT2D eigenvalue weighted by Crippen LogP contribution is 2.43. The van der Waals surface area contributed by atoms with Gasteiger partial charge in [-0.3, -0.25) is 4.57 Å². The summed E-state index contributed by atoms with van der Waals surface area (Å²) < 4.78 is 12.2. The Morgan fingerprint density at radius 3 is 2.38 bits per heavy atom. The predicted molar refractivity (Wildman–Crippen MR) is 79.8 cm³/mol. The van der Waals surface area contributed by atoms with Gasteiger partial charge in [-0.2, -0.15) is 0 Å². The van der Waals surface area contributed by atoms with Crippen LogP contribution in [0.2, 0.25) is 0 Å². The van der Waals surface area contributed by atoms with E-state index in [9.17, 15) is 19.4 Å². The Morgan fingerprint density at radius 2 is 1.90 bits per heavy atom. The van der Waals surface area contributed by atoms with Crippen LogP contribution < -0.4 is 10.8 Å². The fourth-order valence-electron chi connectivity index (χ4n) is 2.06. The van der Waals surface area contributed by atoms with Gasteiger partial charge in [0.15, 0.2) is 0 Å². The monoisotopic (exact) mass is 313 g/mol. The van der Waals surface area contributed by atoms with Gasteiger partial charge < -0.3 is 20.5 Å². The number of benzene rings is 1. The van der Waals surface area contributed by atoms with E-state index in [-0.39, 0.29) is 24.7 Å². The van der Waals surface area contributed by atoms with E-state index in [0.717, 1.165) is 5.56 Å². The Kier molecular flexibility index (Phi) is 6.14. The summed E-state index contributed by atoms with van der Waals surface area (Å²) in [6, 6.07) is 9.46. The summed E-state index contributed by atoms with van der Waals surface area (Å²) in [6.45, 7) is 3.46. The molecule has 0 heterocycles. The molecule has 0 fully saturated rings. The quantitative estimate of drug-likeness (QED) is 0.672. The van der Waals surface area contributed by atoms with Gasteiger partial charge in [0, 0.05) is 24.7 Å². The maximum atomic E-state index is 12.2. The lowest BCUT2D eigenvalue weighted by atomic mass is 9.85. The van der Waals surface area contributed by atoms with Crippen molar-refractivity contribution in [3.8, 4) is 0 Å². The number of carbonyl (C=O) groups excluding carboxylic acids is 1. The van der Waals surface area contributed by atoms with E-state index >= 15 is 0 Å². The molecule has 2 atom stereocenters. The first-order valence-electron chi connectivity index (χ1n) is 7.09. The third kappa shape index (κ3) is 5.27. The van der Waals surface area contributed by atoms with Crippen LogP contribution in [0.3, 0.4) is 0 Å². The van der Waals surface area contributed by atoms with Crippen LogP contribution in [-0.4, -0.2) is 28.7 Å². The van der Waals surface area contributed by atoms with Gasteiger partial charge in [0.1, 0.15) is 11.5 Å². The maximum absolute atomic E-state index is 12.2. The van der Waals surface area contributed by atoms with Crippen LogP contribution >= 0.6 is 7.37 Å². The minimum absolute atomic E-state index is 0.0461. The van der Waals surface area contributed by atoms with Crippen molar-refractivity contribution in [1.29, 1.82) is 0 Å². The van der Waals surface area contributed by atoms with Crippen molar-refractivity contribution in [3.05, 3.63) is 35.9 Å². The molecule has 0 spiro atoms. The van der Waals surface area contributed by atoms with Crippen molar-refractivity contribution in [3.63, 3.8) is 0 Å². The third-order valence-electron chi connectivity index (χ3n) is 4.01. The van der Waals surface area contributed by atoms with Crippen molar-refractivity contribution < 1.29 is 25.1 Å². The number of aliphatic carboxylic acids is 1. The Bertz CT molecular complexity index is 518. The molecule has 4 N–H and O–H groups in total. The number of carboxylic acids is 1. The average Bonchev–Trinajstić information content (AvgIpc) is 2.43. The molecule has 0 aromatic heterocycles. The number of hydrogen-bond acceptors (Lipinski definition) is 3. The van der Waals surface area contributed by atoms with E-state index in [4.69, 9.17) is 0 Å². The summed E-state index contributed by atoms with van der Waals surface area (Å²) in [4.78, 5) is 21.2. The van der Waals surface area contributed by atoms with Crippen molar-refractivity contribution in [2.45, 2.75) is 32.2 Å². The van der Waals surface area contributed by atoms with Crippen molar-refractivity contribution >= 4 is 13.3 Å². The van der Waals surface area contributed by atoms with Gasteiger partial charge in [-0.15, -0.1) is 0 Å². The Hall–Kier alpha value is -1.16. The number of aryl methyl sites for hydroxylation is 1. The topological polar surface area (TPSA) is 105 Å². The molecule has 0 saturated heterocycles. The molecule has 0 radical (unpaired) electrons. The predicted octanol–water partition coefficient (Wildman–Crippen LogP) is 0.276. The lowest BCUT2D eigenvalue weighted by Gasteiger charge is -2.31. The molecule has 0 aliphatic carbocycles. The van der Waals surface area contributed by atoms with E-state index in [1.54, 1.807) is 13.8 Å². The van der Waals surface area contributed by atoms with Crippen molar-refractivity contribution in [2.24, 2.45) is 5.92 Å². The fourth-order valence-corrected chi connectivity index (χ4v) is 3.64. The largest absolute Gasteiger partial charge is 0.544 e. The van der Waals surface area contributed by atoms with Gasteiger partial charge in [-0.05, 0) is 12.0 Å². The number of rotatable bonds is 8. The van der Waals surface area contributed by atoms with Crippen LogP contribution in [0.15, 0.2) is 30.3 Å². The molecule has 0 amide bonds. The molecule has 1 unspecified atom stereocenters. The zero-order valence-electron chi connectivity index (χ0n) is 12.6. The van der Waals surface area contributed by atoms with Crippen LogP contribution in [-0.2, 0) is 15.8 Å². The molecule has 1 rings (SSSR count). The lowest BCUT2D eigenvalue weighted by molar-refractivity contribution is -0.497. The highest BCUT2D eigenvalue weighted by molar-refractivity contribution is 7.57.